The molecule has 4 heteroatoms. The minimum Gasteiger partial charge on any atom is -0.531 e. The molecule has 0 bridgehead atoms. The second-order valence-electron chi connectivity index (χ2n) is 10.6. The Bertz CT molecular complexity index is 1040. The average Bonchev–Trinajstić information content (AvgIpc) is 2.67. The Balaban J connectivity index is 2.09. The van der Waals surface area contributed by atoms with Crippen molar-refractivity contribution in [3.8, 4) is 5.88 Å². The molecule has 0 radical (unpaired) electrons. The maximum absolute atomic E-state index is 6.50. The maximum atomic E-state index is 6.50. The van der Waals surface area contributed by atoms with E-state index in [1.165, 1.54) is 16.8 Å². The van der Waals surface area contributed by atoms with Gasteiger partial charge in [0.15, 0.2) is 5.88 Å². The van der Waals surface area contributed by atoms with Crippen molar-refractivity contribution in [3.63, 3.8) is 0 Å². The Morgan fingerprint density at radius 1 is 0.839 bits per heavy atom. The van der Waals surface area contributed by atoms with Crippen LogP contribution in [0.1, 0.15) is 71.4 Å². The molecule has 3 nitrogen and oxygen atoms in total. The summed E-state index contributed by atoms with van der Waals surface area (Å²) >= 11 is 0. The van der Waals surface area contributed by atoms with Crippen LogP contribution in [-0.2, 0) is 0 Å². The van der Waals surface area contributed by atoms with Gasteiger partial charge in [-0.15, -0.1) is 0 Å². The van der Waals surface area contributed by atoms with Crippen molar-refractivity contribution >= 4 is 30.6 Å². The standard InChI is InChI=1S/C27H38N2OSi/c1-18(2)21-13-11-14-22(19(3)4)26(21)28-23-15-10-12-20-16-17-24(29-25(20)23)30-31(8,9)27(5,6)7/h10-19,28H,1-9H3. The highest BCUT2D eigenvalue weighted by Gasteiger charge is 2.39. The van der Waals surface area contributed by atoms with Gasteiger partial charge in [-0.05, 0) is 59.3 Å². The number of nitrogens with zero attached hydrogens (tertiary/aromatic N) is 1. The first kappa shape index (κ1) is 23.3. The van der Waals surface area contributed by atoms with Gasteiger partial charge < -0.3 is 9.74 Å². The van der Waals surface area contributed by atoms with Crippen LogP contribution in [0.4, 0.5) is 11.4 Å². The Morgan fingerprint density at radius 2 is 1.42 bits per heavy atom. The van der Waals surface area contributed by atoms with Crippen molar-refractivity contribution in [1.82, 2.24) is 4.98 Å². The summed E-state index contributed by atoms with van der Waals surface area (Å²) < 4.78 is 6.50. The normalized spacial score (nSPS) is 12.6. The summed E-state index contributed by atoms with van der Waals surface area (Å²) in [6.07, 6.45) is 0. The summed E-state index contributed by atoms with van der Waals surface area (Å²) in [6, 6.07) is 17.1. The summed E-state index contributed by atoms with van der Waals surface area (Å²) in [7, 11) is -1.96. The molecule has 0 unspecified atom stereocenters. The largest absolute Gasteiger partial charge is 0.531 e. The third-order valence-electron chi connectivity index (χ3n) is 6.49. The summed E-state index contributed by atoms with van der Waals surface area (Å²) in [4.78, 5) is 4.97. The lowest BCUT2D eigenvalue weighted by atomic mass is 9.92. The van der Waals surface area contributed by atoms with Crippen LogP contribution >= 0.6 is 0 Å². The van der Waals surface area contributed by atoms with Crippen LogP contribution in [0.3, 0.4) is 0 Å². The first-order chi connectivity index (χ1) is 14.4. The highest BCUT2D eigenvalue weighted by atomic mass is 28.4. The van der Waals surface area contributed by atoms with E-state index in [0.29, 0.717) is 11.8 Å². The predicted octanol–water partition coefficient (Wildman–Crippen LogP) is 8.61. The number of hydrogen-bond acceptors (Lipinski definition) is 3. The Labute approximate surface area is 189 Å². The van der Waals surface area contributed by atoms with Crippen molar-refractivity contribution in [2.24, 2.45) is 0 Å². The van der Waals surface area contributed by atoms with Crippen molar-refractivity contribution < 1.29 is 4.43 Å². The quantitative estimate of drug-likeness (QED) is 0.394. The topological polar surface area (TPSA) is 34.1 Å². The van der Waals surface area contributed by atoms with E-state index in [2.05, 4.69) is 109 Å². The molecule has 0 saturated heterocycles. The average molecular weight is 435 g/mol. The van der Waals surface area contributed by atoms with E-state index in [4.69, 9.17) is 9.41 Å². The van der Waals surface area contributed by atoms with Crippen molar-refractivity contribution in [3.05, 3.63) is 59.7 Å². The molecule has 1 aromatic heterocycles. The summed E-state index contributed by atoms with van der Waals surface area (Å²) in [6.45, 7) is 20.3. The van der Waals surface area contributed by atoms with Gasteiger partial charge in [-0.3, -0.25) is 0 Å². The molecular formula is C27H38N2OSi. The highest BCUT2D eigenvalue weighted by Crippen LogP contribution is 2.39. The fraction of sp³-hybridized carbons (Fsp3) is 0.444. The molecular weight excluding hydrogens is 396 g/mol. The summed E-state index contributed by atoms with van der Waals surface area (Å²) in [5, 5.41) is 5.00. The molecule has 31 heavy (non-hydrogen) atoms. The van der Waals surface area contributed by atoms with E-state index >= 15 is 0 Å². The van der Waals surface area contributed by atoms with E-state index in [1.54, 1.807) is 0 Å². The van der Waals surface area contributed by atoms with E-state index in [1.807, 2.05) is 6.07 Å². The van der Waals surface area contributed by atoms with Gasteiger partial charge in [0.25, 0.3) is 8.32 Å². The predicted molar refractivity (Wildman–Crippen MR) is 137 cm³/mol. The molecule has 0 saturated carbocycles. The molecule has 0 fully saturated rings. The Hall–Kier alpha value is -2.33. The van der Waals surface area contributed by atoms with Gasteiger partial charge in [-0.1, -0.05) is 78.8 Å². The van der Waals surface area contributed by atoms with Crippen LogP contribution in [0.15, 0.2) is 48.5 Å². The van der Waals surface area contributed by atoms with E-state index in [9.17, 15) is 0 Å². The molecule has 0 aliphatic rings. The third-order valence-corrected chi connectivity index (χ3v) is 10.8. The molecule has 1 N–H and O–H groups in total. The van der Waals surface area contributed by atoms with Crippen LogP contribution in [0, 0.1) is 0 Å². The highest BCUT2D eigenvalue weighted by molar-refractivity contribution is 6.74. The lowest BCUT2D eigenvalue weighted by Gasteiger charge is -2.35. The van der Waals surface area contributed by atoms with Gasteiger partial charge in [-0.2, -0.15) is 0 Å². The monoisotopic (exact) mass is 434 g/mol. The second-order valence-corrected chi connectivity index (χ2v) is 15.4. The third kappa shape index (κ3) is 4.95. The fourth-order valence-electron chi connectivity index (χ4n) is 3.53. The molecule has 3 aromatic rings. The van der Waals surface area contributed by atoms with Crippen molar-refractivity contribution in [1.29, 1.82) is 0 Å². The number of fused-ring (bicyclic) bond motifs is 1. The molecule has 0 aliphatic heterocycles. The molecule has 0 spiro atoms. The molecule has 3 rings (SSSR count). The molecule has 2 aromatic carbocycles. The van der Waals surface area contributed by atoms with Gasteiger partial charge in [-0.25, -0.2) is 4.98 Å². The smallest absolute Gasteiger partial charge is 0.252 e. The van der Waals surface area contributed by atoms with E-state index in [0.717, 1.165) is 22.5 Å². The van der Waals surface area contributed by atoms with E-state index < -0.39 is 8.32 Å². The SMILES string of the molecule is CC(C)c1cccc(C(C)C)c1Nc1cccc2ccc(O[Si](C)(C)C(C)(C)C)nc12. The van der Waals surface area contributed by atoms with Crippen LogP contribution in [0.2, 0.25) is 18.1 Å². The van der Waals surface area contributed by atoms with Gasteiger partial charge in [0.05, 0.1) is 11.2 Å². The number of hydrogen-bond donors (Lipinski definition) is 1. The van der Waals surface area contributed by atoms with E-state index in [-0.39, 0.29) is 5.04 Å². The zero-order chi connectivity index (χ0) is 23.0. The summed E-state index contributed by atoms with van der Waals surface area (Å²) in [5.41, 5.74) is 5.84. The number of benzene rings is 2. The van der Waals surface area contributed by atoms with Crippen molar-refractivity contribution in [2.75, 3.05) is 5.32 Å². The van der Waals surface area contributed by atoms with Crippen LogP contribution in [0.25, 0.3) is 10.9 Å². The van der Waals surface area contributed by atoms with Crippen LogP contribution < -0.4 is 9.74 Å². The van der Waals surface area contributed by atoms with Crippen molar-refractivity contribution in [2.45, 2.75) is 78.4 Å². The molecule has 0 aliphatic carbocycles. The number of aromatic nitrogens is 1. The fourth-order valence-corrected chi connectivity index (χ4v) is 4.47. The molecule has 1 heterocycles. The lowest BCUT2D eigenvalue weighted by molar-refractivity contribution is 0.478. The first-order valence-corrected chi connectivity index (χ1v) is 14.3. The zero-order valence-electron chi connectivity index (χ0n) is 20.6. The van der Waals surface area contributed by atoms with Crippen LogP contribution in [-0.4, -0.2) is 13.3 Å². The van der Waals surface area contributed by atoms with Gasteiger partial charge in [0, 0.05) is 11.1 Å². The number of para-hydroxylation sites is 2. The number of nitrogens with one attached hydrogen (secondary N) is 1. The second kappa shape index (κ2) is 8.66. The number of rotatable bonds is 6. The first-order valence-electron chi connectivity index (χ1n) is 11.4. The minimum atomic E-state index is -1.96. The summed E-state index contributed by atoms with van der Waals surface area (Å²) in [5.74, 6) is 1.58. The Kier molecular flexibility index (Phi) is 6.52. The van der Waals surface area contributed by atoms with Gasteiger partial charge in [0.2, 0.25) is 0 Å². The maximum Gasteiger partial charge on any atom is 0.252 e. The molecule has 0 atom stereocenters. The minimum absolute atomic E-state index is 0.129. The molecule has 166 valence electrons. The van der Waals surface area contributed by atoms with Gasteiger partial charge >= 0.3 is 0 Å². The number of anilines is 2. The zero-order valence-corrected chi connectivity index (χ0v) is 21.6. The van der Waals surface area contributed by atoms with Crippen LogP contribution in [0.5, 0.6) is 5.88 Å². The molecule has 0 amide bonds. The van der Waals surface area contributed by atoms with Gasteiger partial charge in [0.1, 0.15) is 0 Å². The lowest BCUT2D eigenvalue weighted by Crippen LogP contribution is -2.44. The number of pyridine rings is 1. The Morgan fingerprint density at radius 3 is 1.97 bits per heavy atom.